The molecule has 0 saturated carbocycles. The van der Waals surface area contributed by atoms with Crippen molar-refractivity contribution in [2.45, 2.75) is 45.6 Å². The van der Waals surface area contributed by atoms with Gasteiger partial charge in [0.05, 0.1) is 0 Å². The lowest BCUT2D eigenvalue weighted by Crippen LogP contribution is -2.54. The van der Waals surface area contributed by atoms with Crippen molar-refractivity contribution < 1.29 is 31.4 Å². The summed E-state index contributed by atoms with van der Waals surface area (Å²) in [6.07, 6.45) is -11.7. The molecule has 0 fully saturated rings. The van der Waals surface area contributed by atoms with Gasteiger partial charge in [-0.25, -0.2) is 0 Å². The normalized spacial score (nSPS) is 13.8. The van der Waals surface area contributed by atoms with E-state index in [1.54, 1.807) is 0 Å². The SMILES string of the molecule is Cc1cc(C)c(C)c(C(O)(C(F)(F)F)C(F)(F)F)c1C. The minimum atomic E-state index is -5.86. The average molecular weight is 300 g/mol. The Kier molecular flexibility index (Phi) is 3.91. The maximum absolute atomic E-state index is 12.9. The maximum atomic E-state index is 12.9. The van der Waals surface area contributed by atoms with E-state index in [1.165, 1.54) is 19.9 Å². The van der Waals surface area contributed by atoms with Gasteiger partial charge < -0.3 is 5.11 Å². The monoisotopic (exact) mass is 300 g/mol. The van der Waals surface area contributed by atoms with E-state index in [9.17, 15) is 31.4 Å². The number of alkyl halides is 6. The zero-order valence-corrected chi connectivity index (χ0v) is 11.3. The molecular weight excluding hydrogens is 286 g/mol. The van der Waals surface area contributed by atoms with E-state index in [0.29, 0.717) is 0 Å². The highest BCUT2D eigenvalue weighted by Gasteiger charge is 2.72. The van der Waals surface area contributed by atoms with Crippen molar-refractivity contribution in [3.8, 4) is 0 Å². The minimum Gasteiger partial charge on any atom is -0.369 e. The third kappa shape index (κ3) is 2.28. The molecule has 0 saturated heterocycles. The number of benzene rings is 1. The summed E-state index contributed by atoms with van der Waals surface area (Å²) in [4.78, 5) is 0. The Morgan fingerprint density at radius 2 is 1.05 bits per heavy atom. The topological polar surface area (TPSA) is 20.2 Å². The first-order valence-corrected chi connectivity index (χ1v) is 5.68. The Balaban J connectivity index is 3.87. The van der Waals surface area contributed by atoms with E-state index < -0.39 is 23.5 Å². The highest BCUT2D eigenvalue weighted by Crippen LogP contribution is 2.52. The second kappa shape index (κ2) is 4.65. The van der Waals surface area contributed by atoms with Crippen LogP contribution in [0.25, 0.3) is 0 Å². The lowest BCUT2D eigenvalue weighted by molar-refractivity contribution is -0.376. The first-order chi connectivity index (χ1) is 8.75. The van der Waals surface area contributed by atoms with Crippen LogP contribution in [0.1, 0.15) is 27.8 Å². The fraction of sp³-hybridized carbons (Fsp3) is 0.538. The lowest BCUT2D eigenvalue weighted by atomic mass is 9.82. The second-order valence-electron chi connectivity index (χ2n) is 4.84. The Morgan fingerprint density at radius 1 is 0.750 bits per heavy atom. The summed E-state index contributed by atoms with van der Waals surface area (Å²) < 4.78 is 77.6. The van der Waals surface area contributed by atoms with E-state index in [0.717, 1.165) is 13.8 Å². The van der Waals surface area contributed by atoms with Crippen molar-refractivity contribution >= 4 is 0 Å². The summed E-state index contributed by atoms with van der Waals surface area (Å²) in [6.45, 7) is 5.08. The summed E-state index contributed by atoms with van der Waals surface area (Å²) in [6, 6.07) is 1.49. The smallest absolute Gasteiger partial charge is 0.369 e. The summed E-state index contributed by atoms with van der Waals surface area (Å²) in [7, 11) is 0. The van der Waals surface area contributed by atoms with Crippen molar-refractivity contribution in [3.63, 3.8) is 0 Å². The molecule has 0 aliphatic heterocycles. The van der Waals surface area contributed by atoms with Crippen LogP contribution in [-0.4, -0.2) is 17.5 Å². The van der Waals surface area contributed by atoms with Gasteiger partial charge in [-0.05, 0) is 49.9 Å². The van der Waals surface area contributed by atoms with Crippen LogP contribution in [-0.2, 0) is 5.60 Å². The molecular formula is C13H14F6O. The number of aryl methyl sites for hydroxylation is 2. The number of rotatable bonds is 1. The molecule has 0 aromatic heterocycles. The van der Waals surface area contributed by atoms with Crippen LogP contribution in [0.4, 0.5) is 26.3 Å². The molecule has 1 aromatic rings. The fourth-order valence-electron chi connectivity index (χ4n) is 2.20. The molecule has 0 heterocycles. The standard InChI is InChI=1S/C13H14F6O/c1-6-5-7(2)9(4)10(8(6)3)11(20,12(14,15)16)13(17,18)19/h5,20H,1-4H3. The molecule has 0 aliphatic rings. The molecule has 0 atom stereocenters. The van der Waals surface area contributed by atoms with E-state index in [-0.39, 0.29) is 22.3 Å². The predicted molar refractivity (Wildman–Crippen MR) is 61.4 cm³/mol. The first-order valence-electron chi connectivity index (χ1n) is 5.68. The summed E-state index contributed by atoms with van der Waals surface area (Å²) in [5, 5.41) is 9.52. The van der Waals surface area contributed by atoms with E-state index in [2.05, 4.69) is 0 Å². The summed E-state index contributed by atoms with van der Waals surface area (Å²) >= 11 is 0. The van der Waals surface area contributed by atoms with Gasteiger partial charge in [0.15, 0.2) is 0 Å². The molecule has 20 heavy (non-hydrogen) atoms. The molecule has 0 unspecified atom stereocenters. The molecule has 114 valence electrons. The van der Waals surface area contributed by atoms with Gasteiger partial charge in [-0.1, -0.05) is 6.07 Å². The molecule has 0 amide bonds. The summed E-state index contributed by atoms with van der Waals surface area (Å²) in [5.41, 5.74) is -5.92. The van der Waals surface area contributed by atoms with Gasteiger partial charge in [0.25, 0.3) is 5.60 Å². The Labute approximate surface area is 112 Å². The third-order valence-electron chi connectivity index (χ3n) is 3.55. The average Bonchev–Trinajstić information content (AvgIpc) is 2.23. The largest absolute Gasteiger partial charge is 0.430 e. The van der Waals surface area contributed by atoms with Crippen LogP contribution in [0.15, 0.2) is 6.07 Å². The summed E-state index contributed by atoms with van der Waals surface area (Å²) in [5.74, 6) is 0. The van der Waals surface area contributed by atoms with Gasteiger partial charge in [-0.3, -0.25) is 0 Å². The van der Waals surface area contributed by atoms with Crippen molar-refractivity contribution in [1.82, 2.24) is 0 Å². The van der Waals surface area contributed by atoms with Gasteiger partial charge in [0.1, 0.15) is 0 Å². The Bertz CT molecular complexity index is 487. The molecule has 0 bridgehead atoms. The van der Waals surface area contributed by atoms with Gasteiger partial charge in [0.2, 0.25) is 0 Å². The predicted octanol–water partition coefficient (Wildman–Crippen LogP) is 4.23. The molecule has 0 aliphatic carbocycles. The van der Waals surface area contributed by atoms with Gasteiger partial charge in [-0.2, -0.15) is 26.3 Å². The van der Waals surface area contributed by atoms with E-state index in [4.69, 9.17) is 0 Å². The Morgan fingerprint density at radius 3 is 1.30 bits per heavy atom. The third-order valence-corrected chi connectivity index (χ3v) is 3.55. The van der Waals surface area contributed by atoms with Crippen molar-refractivity contribution in [1.29, 1.82) is 0 Å². The second-order valence-corrected chi connectivity index (χ2v) is 4.84. The maximum Gasteiger partial charge on any atom is 0.430 e. The number of hydrogen-bond acceptors (Lipinski definition) is 1. The van der Waals surface area contributed by atoms with Crippen LogP contribution in [0, 0.1) is 27.7 Å². The molecule has 1 nitrogen and oxygen atoms in total. The molecule has 1 N–H and O–H groups in total. The van der Waals surface area contributed by atoms with Crippen LogP contribution >= 0.6 is 0 Å². The minimum absolute atomic E-state index is 0.217. The lowest BCUT2D eigenvalue weighted by Gasteiger charge is -2.35. The van der Waals surface area contributed by atoms with Crippen LogP contribution in [0.5, 0.6) is 0 Å². The van der Waals surface area contributed by atoms with E-state index in [1.807, 2.05) is 0 Å². The number of aliphatic hydroxyl groups is 1. The quantitative estimate of drug-likeness (QED) is 0.769. The highest BCUT2D eigenvalue weighted by molar-refractivity contribution is 5.48. The molecule has 0 spiro atoms. The fourth-order valence-corrected chi connectivity index (χ4v) is 2.20. The van der Waals surface area contributed by atoms with Crippen molar-refractivity contribution in [3.05, 3.63) is 33.9 Å². The number of hydrogen-bond donors (Lipinski definition) is 1. The zero-order valence-electron chi connectivity index (χ0n) is 11.3. The van der Waals surface area contributed by atoms with Crippen molar-refractivity contribution in [2.24, 2.45) is 0 Å². The molecule has 1 rings (SSSR count). The van der Waals surface area contributed by atoms with E-state index >= 15 is 0 Å². The number of halogens is 6. The highest BCUT2D eigenvalue weighted by atomic mass is 19.4. The van der Waals surface area contributed by atoms with Gasteiger partial charge in [0, 0.05) is 5.56 Å². The Hall–Kier alpha value is -1.24. The first kappa shape index (κ1) is 16.8. The van der Waals surface area contributed by atoms with Crippen LogP contribution < -0.4 is 0 Å². The molecule has 1 aromatic carbocycles. The molecule has 7 heteroatoms. The zero-order chi connectivity index (χ0) is 16.1. The van der Waals surface area contributed by atoms with Crippen LogP contribution in [0.2, 0.25) is 0 Å². The van der Waals surface area contributed by atoms with Gasteiger partial charge in [-0.15, -0.1) is 0 Å². The molecule has 0 radical (unpaired) electrons. The van der Waals surface area contributed by atoms with Gasteiger partial charge >= 0.3 is 12.4 Å². The van der Waals surface area contributed by atoms with Crippen LogP contribution in [0.3, 0.4) is 0 Å². The van der Waals surface area contributed by atoms with Crippen molar-refractivity contribution in [2.75, 3.05) is 0 Å².